The van der Waals surface area contributed by atoms with Crippen molar-refractivity contribution >= 4 is 9.17 Å². The molecule has 64 valence electrons. The largest absolute Gasteiger partial charge is 0.775 e. The lowest BCUT2D eigenvalue weighted by Gasteiger charge is -2.36. The van der Waals surface area contributed by atoms with E-state index in [1.807, 2.05) is 0 Å². The zero-order valence-electron chi connectivity index (χ0n) is 6.00. The molecular formula is C4H11N3O3Si. The summed E-state index contributed by atoms with van der Waals surface area (Å²) in [5, 5.41) is 2.88. The maximum atomic E-state index is 10.4. The Morgan fingerprint density at radius 2 is 2.18 bits per heavy atom. The van der Waals surface area contributed by atoms with E-state index in [-0.39, 0.29) is 0 Å². The second-order valence-corrected chi connectivity index (χ2v) is 3.14. The fourth-order valence-corrected chi connectivity index (χ4v) is 1.45. The van der Waals surface area contributed by atoms with Gasteiger partial charge in [0.15, 0.2) is 0 Å². The Labute approximate surface area is 65.7 Å². The topological polar surface area (TPSA) is 99.6 Å². The normalized spacial score (nSPS) is 20.0. The maximum absolute atomic E-state index is 10.4. The van der Waals surface area contributed by atoms with Crippen molar-refractivity contribution in [2.75, 3.05) is 19.6 Å². The molecule has 11 heavy (non-hydrogen) atoms. The lowest BCUT2D eigenvalue weighted by atomic mass is 10.5. The second kappa shape index (κ2) is 3.26. The molecule has 0 spiro atoms. The van der Waals surface area contributed by atoms with Crippen LogP contribution in [0.15, 0.2) is 0 Å². The van der Waals surface area contributed by atoms with Crippen molar-refractivity contribution in [3.05, 3.63) is 0 Å². The summed E-state index contributed by atoms with van der Waals surface area (Å²) in [6.45, 7) is 1.46. The van der Waals surface area contributed by atoms with Gasteiger partial charge in [-0.3, -0.25) is 10.2 Å². The first-order valence-electron chi connectivity index (χ1n) is 3.28. The van der Waals surface area contributed by atoms with Crippen molar-refractivity contribution < 1.29 is 13.3 Å². The van der Waals surface area contributed by atoms with Gasteiger partial charge in [-0.2, -0.15) is 0 Å². The van der Waals surface area contributed by atoms with Crippen molar-refractivity contribution in [1.29, 1.82) is 0 Å². The molecule has 0 aromatic rings. The summed E-state index contributed by atoms with van der Waals surface area (Å²) in [4.78, 5) is 0. The lowest BCUT2D eigenvalue weighted by molar-refractivity contribution is -0.216. The highest BCUT2D eigenvalue weighted by Gasteiger charge is 2.46. The Kier molecular flexibility index (Phi) is 2.55. The van der Waals surface area contributed by atoms with Crippen LogP contribution in [0.4, 0.5) is 0 Å². The van der Waals surface area contributed by atoms with E-state index in [0.29, 0.717) is 19.6 Å². The molecule has 0 saturated carbocycles. The summed E-state index contributed by atoms with van der Waals surface area (Å²) >= 11 is 0. The number of hydrogen-bond acceptors (Lipinski definition) is 6. The van der Waals surface area contributed by atoms with Gasteiger partial charge in [0.1, 0.15) is 0 Å². The van der Waals surface area contributed by atoms with Crippen LogP contribution < -0.4 is 16.8 Å². The second-order valence-electron chi connectivity index (χ2n) is 2.23. The number of rotatable bonds is 4. The van der Waals surface area contributed by atoms with Crippen molar-refractivity contribution in [3.8, 4) is 0 Å². The van der Waals surface area contributed by atoms with Gasteiger partial charge in [0.05, 0.1) is 6.54 Å². The standard InChI is InChI=1S/C4H11N3O3Si/c5-1-2-7-3-4(6)9-11(8)10-4/h7H,1-3,5-6H2. The lowest BCUT2D eigenvalue weighted by Crippen LogP contribution is -2.64. The van der Waals surface area contributed by atoms with Crippen LogP contribution in [-0.2, 0) is 13.3 Å². The van der Waals surface area contributed by atoms with Crippen LogP contribution in [0, 0.1) is 0 Å². The van der Waals surface area contributed by atoms with E-state index in [1.165, 1.54) is 0 Å². The minimum atomic E-state index is -2.28. The van der Waals surface area contributed by atoms with Gasteiger partial charge in [-0.05, 0) is 0 Å². The monoisotopic (exact) mass is 177 g/mol. The van der Waals surface area contributed by atoms with E-state index < -0.39 is 15.1 Å². The minimum Gasteiger partial charge on any atom is -0.445 e. The Morgan fingerprint density at radius 1 is 1.55 bits per heavy atom. The van der Waals surface area contributed by atoms with E-state index in [1.54, 1.807) is 0 Å². The summed E-state index contributed by atoms with van der Waals surface area (Å²) in [5.41, 5.74) is 10.6. The van der Waals surface area contributed by atoms with Gasteiger partial charge in [0.25, 0.3) is 0 Å². The fraction of sp³-hybridized carbons (Fsp3) is 1.00. The van der Waals surface area contributed by atoms with Gasteiger partial charge in [-0.25, -0.2) is 0 Å². The van der Waals surface area contributed by atoms with E-state index in [9.17, 15) is 4.46 Å². The summed E-state index contributed by atoms with van der Waals surface area (Å²) in [6.07, 6.45) is 0. The van der Waals surface area contributed by atoms with E-state index in [4.69, 9.17) is 11.5 Å². The molecule has 0 aromatic heterocycles. The molecule has 5 N–H and O–H groups in total. The van der Waals surface area contributed by atoms with Gasteiger partial charge < -0.3 is 19.9 Å². The molecule has 0 amide bonds. The van der Waals surface area contributed by atoms with Crippen LogP contribution in [0.1, 0.15) is 0 Å². The number of hydrogen-bond donors (Lipinski definition) is 3. The van der Waals surface area contributed by atoms with Crippen LogP contribution >= 0.6 is 0 Å². The molecule has 0 radical (unpaired) electrons. The third kappa shape index (κ3) is 2.22. The van der Waals surface area contributed by atoms with E-state index in [2.05, 4.69) is 14.2 Å². The van der Waals surface area contributed by atoms with Crippen LogP contribution in [0.3, 0.4) is 0 Å². The van der Waals surface area contributed by atoms with Crippen molar-refractivity contribution in [1.82, 2.24) is 5.32 Å². The molecule has 0 aromatic carbocycles. The Bertz CT molecular complexity index is 157. The molecule has 0 bridgehead atoms. The maximum Gasteiger partial charge on any atom is 0.775 e. The molecule has 0 aliphatic carbocycles. The van der Waals surface area contributed by atoms with Gasteiger partial charge in [0.2, 0.25) is 0 Å². The highest BCUT2D eigenvalue weighted by molar-refractivity contribution is 6.29. The first kappa shape index (κ1) is 8.59. The zero-order valence-corrected chi connectivity index (χ0v) is 7.00. The quantitative estimate of drug-likeness (QED) is 0.327. The predicted molar refractivity (Wildman–Crippen MR) is 37.5 cm³/mol. The van der Waals surface area contributed by atoms with Crippen molar-refractivity contribution in [2.24, 2.45) is 11.5 Å². The van der Waals surface area contributed by atoms with Gasteiger partial charge in [-0.15, -0.1) is 0 Å². The first-order valence-corrected chi connectivity index (χ1v) is 4.50. The van der Waals surface area contributed by atoms with Crippen molar-refractivity contribution in [2.45, 2.75) is 5.91 Å². The fourth-order valence-electron chi connectivity index (χ4n) is 0.727. The van der Waals surface area contributed by atoms with Gasteiger partial charge >= 0.3 is 15.1 Å². The SMILES string of the molecule is NCCNCC1(N)O[Si](=O)O1. The number of nitrogens with two attached hydrogens (primary N) is 2. The third-order valence-electron chi connectivity index (χ3n) is 1.20. The van der Waals surface area contributed by atoms with Gasteiger partial charge in [0, 0.05) is 13.1 Å². The zero-order chi connectivity index (χ0) is 8.32. The summed E-state index contributed by atoms with van der Waals surface area (Å²) < 4.78 is 19.7. The third-order valence-corrected chi connectivity index (χ3v) is 2.23. The molecule has 6 nitrogen and oxygen atoms in total. The molecule has 1 rings (SSSR count). The highest BCUT2D eigenvalue weighted by atomic mass is 28.3. The van der Waals surface area contributed by atoms with E-state index in [0.717, 1.165) is 0 Å². The van der Waals surface area contributed by atoms with Crippen LogP contribution in [-0.4, -0.2) is 34.7 Å². The van der Waals surface area contributed by atoms with Crippen LogP contribution in [0.5, 0.6) is 0 Å². The first-order chi connectivity index (χ1) is 5.16. The predicted octanol–water partition coefficient (Wildman–Crippen LogP) is -2.39. The highest BCUT2D eigenvalue weighted by Crippen LogP contribution is 2.14. The van der Waals surface area contributed by atoms with Crippen LogP contribution in [0.25, 0.3) is 0 Å². The Hall–Kier alpha value is -0.503. The summed E-state index contributed by atoms with van der Waals surface area (Å²) in [5.74, 6) is -1.19. The average molecular weight is 177 g/mol. The summed E-state index contributed by atoms with van der Waals surface area (Å²) in [6, 6.07) is 0. The molecular weight excluding hydrogens is 166 g/mol. The molecule has 0 unspecified atom stereocenters. The Morgan fingerprint density at radius 3 is 2.64 bits per heavy atom. The molecule has 7 heteroatoms. The minimum absolute atomic E-state index is 0.306. The molecule has 1 aliphatic heterocycles. The average Bonchev–Trinajstić information content (AvgIpc) is 1.85. The smallest absolute Gasteiger partial charge is 0.445 e. The molecule has 1 aliphatic rings. The van der Waals surface area contributed by atoms with Crippen molar-refractivity contribution in [3.63, 3.8) is 0 Å². The summed E-state index contributed by atoms with van der Waals surface area (Å²) in [7, 11) is -2.28. The van der Waals surface area contributed by atoms with E-state index >= 15 is 0 Å². The number of nitrogens with one attached hydrogen (secondary N) is 1. The molecule has 1 heterocycles. The van der Waals surface area contributed by atoms with Crippen LogP contribution in [0.2, 0.25) is 0 Å². The Balaban J connectivity index is 2.11. The molecule has 1 saturated heterocycles. The van der Waals surface area contributed by atoms with Gasteiger partial charge in [-0.1, -0.05) is 0 Å². The molecule has 1 fully saturated rings. The molecule has 0 atom stereocenters.